The van der Waals surface area contributed by atoms with E-state index >= 15 is 0 Å². The van der Waals surface area contributed by atoms with Crippen molar-refractivity contribution in [2.75, 3.05) is 19.1 Å². The van der Waals surface area contributed by atoms with Crippen molar-refractivity contribution in [2.24, 2.45) is 0 Å². The van der Waals surface area contributed by atoms with E-state index in [1.807, 2.05) is 18.2 Å². The number of pyridine rings is 1. The minimum atomic E-state index is -0.226. The van der Waals surface area contributed by atoms with Gasteiger partial charge in [0.1, 0.15) is 5.52 Å². The lowest BCUT2D eigenvalue weighted by molar-refractivity contribution is 0.0651. The Kier molecular flexibility index (Phi) is 5.96. The molecule has 0 atom stereocenters. The van der Waals surface area contributed by atoms with Crippen molar-refractivity contribution in [1.82, 2.24) is 19.4 Å². The Hall–Kier alpha value is -3.32. The molecule has 2 aliphatic heterocycles. The van der Waals surface area contributed by atoms with Crippen LogP contribution >= 0.6 is 34.4 Å². The van der Waals surface area contributed by atoms with Gasteiger partial charge in [0.2, 0.25) is 6.79 Å². The maximum Gasteiger partial charge on any atom is 0.261 e. The molecule has 11 heteroatoms. The number of anilines is 1. The number of rotatable bonds is 7. The summed E-state index contributed by atoms with van der Waals surface area (Å²) in [6.07, 6.45) is 3.08. The standard InChI is InChI=1S/C25H20IN5O4S/c26-16-11-18-19(35-13-34-18)12-20(16)36-25-29-21-17(7-8-28-22(21)27)30(25)9-3-4-10-31-23(32)14-5-1-2-6-15(14)24(31)33/h1-2,5-8,11-12H,3-4,9-10,13H2,(H2,27,28). The molecule has 2 aromatic carbocycles. The Morgan fingerprint density at radius 1 is 1.00 bits per heavy atom. The normalized spacial score (nSPS) is 14.2. The summed E-state index contributed by atoms with van der Waals surface area (Å²) >= 11 is 3.80. The van der Waals surface area contributed by atoms with Crippen LogP contribution in [-0.2, 0) is 6.54 Å². The number of benzene rings is 2. The Bertz CT molecular complexity index is 1500. The van der Waals surface area contributed by atoms with E-state index in [1.165, 1.54) is 16.7 Å². The van der Waals surface area contributed by atoms with Crippen LogP contribution in [0.2, 0.25) is 0 Å². The van der Waals surface area contributed by atoms with Gasteiger partial charge in [-0.05, 0) is 65.8 Å². The minimum absolute atomic E-state index is 0.216. The largest absolute Gasteiger partial charge is 0.454 e. The summed E-state index contributed by atoms with van der Waals surface area (Å²) in [7, 11) is 0. The van der Waals surface area contributed by atoms with Crippen molar-refractivity contribution >= 4 is 63.0 Å². The molecule has 2 aliphatic rings. The first kappa shape index (κ1) is 23.1. The lowest BCUT2D eigenvalue weighted by atomic mass is 10.1. The number of ether oxygens (including phenoxy) is 2. The molecule has 0 unspecified atom stereocenters. The number of imidazole rings is 1. The molecule has 182 valence electrons. The van der Waals surface area contributed by atoms with Crippen LogP contribution in [0.4, 0.5) is 5.82 Å². The van der Waals surface area contributed by atoms with E-state index in [9.17, 15) is 9.59 Å². The van der Waals surface area contributed by atoms with E-state index in [-0.39, 0.29) is 18.6 Å². The fourth-order valence-corrected chi connectivity index (χ4v) is 6.13. The number of aromatic nitrogens is 3. The fourth-order valence-electron chi connectivity index (χ4n) is 4.40. The molecule has 2 N–H and O–H groups in total. The number of nitrogens with two attached hydrogens (primary N) is 1. The highest BCUT2D eigenvalue weighted by Gasteiger charge is 2.34. The molecule has 6 rings (SSSR count). The van der Waals surface area contributed by atoms with Crippen molar-refractivity contribution in [3.63, 3.8) is 0 Å². The maximum atomic E-state index is 12.7. The van der Waals surface area contributed by atoms with Crippen LogP contribution in [0.15, 0.2) is 58.7 Å². The molecule has 0 aliphatic carbocycles. The van der Waals surface area contributed by atoms with Crippen molar-refractivity contribution < 1.29 is 19.1 Å². The van der Waals surface area contributed by atoms with Gasteiger partial charge in [0, 0.05) is 27.8 Å². The topological polar surface area (TPSA) is 113 Å². The molecule has 0 saturated heterocycles. The highest BCUT2D eigenvalue weighted by Crippen LogP contribution is 2.41. The van der Waals surface area contributed by atoms with Crippen LogP contribution < -0.4 is 15.2 Å². The third-order valence-corrected chi connectivity index (χ3v) is 8.49. The van der Waals surface area contributed by atoms with Crippen LogP contribution in [0.5, 0.6) is 11.5 Å². The van der Waals surface area contributed by atoms with Crippen LogP contribution in [0.1, 0.15) is 33.6 Å². The van der Waals surface area contributed by atoms with E-state index in [0.717, 1.165) is 31.3 Å². The summed E-state index contributed by atoms with van der Waals surface area (Å²) in [4.78, 5) is 36.6. The zero-order valence-corrected chi connectivity index (χ0v) is 21.9. The summed E-state index contributed by atoms with van der Waals surface area (Å²) in [5, 5.41) is 0.780. The van der Waals surface area contributed by atoms with Crippen molar-refractivity contribution in [3.05, 3.63) is 63.4 Å². The molecule has 0 saturated carbocycles. The van der Waals surface area contributed by atoms with E-state index in [0.29, 0.717) is 47.7 Å². The van der Waals surface area contributed by atoms with E-state index < -0.39 is 0 Å². The highest BCUT2D eigenvalue weighted by molar-refractivity contribution is 14.1. The molecule has 4 heterocycles. The minimum Gasteiger partial charge on any atom is -0.454 e. The first-order valence-corrected chi connectivity index (χ1v) is 13.2. The lowest BCUT2D eigenvalue weighted by Crippen LogP contribution is -2.30. The molecular weight excluding hydrogens is 593 g/mol. The van der Waals surface area contributed by atoms with Gasteiger partial charge in [0.05, 0.1) is 16.6 Å². The number of amides is 2. The van der Waals surface area contributed by atoms with Gasteiger partial charge in [0.15, 0.2) is 22.5 Å². The van der Waals surface area contributed by atoms with Gasteiger partial charge < -0.3 is 19.8 Å². The number of nitrogens with zero attached hydrogens (tertiary/aromatic N) is 4. The predicted octanol–water partition coefficient (Wildman–Crippen LogP) is 4.57. The van der Waals surface area contributed by atoms with Crippen LogP contribution in [0.25, 0.3) is 11.0 Å². The fraction of sp³-hybridized carbons (Fsp3) is 0.200. The number of imide groups is 1. The first-order chi connectivity index (χ1) is 17.5. The smallest absolute Gasteiger partial charge is 0.261 e. The second-order valence-corrected chi connectivity index (χ2v) is 10.5. The van der Waals surface area contributed by atoms with E-state index in [2.05, 4.69) is 32.1 Å². The molecule has 0 bridgehead atoms. The zero-order chi connectivity index (χ0) is 24.8. The van der Waals surface area contributed by atoms with Gasteiger partial charge in [0.25, 0.3) is 11.8 Å². The summed E-state index contributed by atoms with van der Waals surface area (Å²) in [6, 6.07) is 12.8. The van der Waals surface area contributed by atoms with Gasteiger partial charge >= 0.3 is 0 Å². The number of carbonyl (C=O) groups is 2. The van der Waals surface area contributed by atoms with Gasteiger partial charge in [-0.3, -0.25) is 14.5 Å². The van der Waals surface area contributed by atoms with Crippen LogP contribution in [0.3, 0.4) is 0 Å². The number of hydrogen-bond acceptors (Lipinski definition) is 8. The number of hydrogen-bond donors (Lipinski definition) is 1. The van der Waals surface area contributed by atoms with Crippen molar-refractivity contribution in [1.29, 1.82) is 0 Å². The highest BCUT2D eigenvalue weighted by atomic mass is 127. The number of nitrogen functional groups attached to an aromatic ring is 1. The average Bonchev–Trinajstić information content (AvgIpc) is 3.54. The van der Waals surface area contributed by atoms with Gasteiger partial charge in [-0.25, -0.2) is 9.97 Å². The molecule has 2 amide bonds. The molecule has 0 spiro atoms. The lowest BCUT2D eigenvalue weighted by Gasteiger charge is -2.14. The second kappa shape index (κ2) is 9.28. The number of halogens is 1. The van der Waals surface area contributed by atoms with Crippen LogP contribution in [-0.4, -0.2) is 44.6 Å². The number of carbonyl (C=O) groups excluding carboxylic acids is 2. The third-order valence-electron chi connectivity index (χ3n) is 6.18. The summed E-state index contributed by atoms with van der Waals surface area (Å²) in [6.45, 7) is 1.23. The van der Waals surface area contributed by atoms with Gasteiger partial charge in [-0.15, -0.1) is 0 Å². The quantitative estimate of drug-likeness (QED) is 0.183. The molecule has 36 heavy (non-hydrogen) atoms. The van der Waals surface area contributed by atoms with E-state index in [4.69, 9.17) is 20.2 Å². The zero-order valence-electron chi connectivity index (χ0n) is 18.9. The first-order valence-electron chi connectivity index (χ1n) is 11.3. The van der Waals surface area contributed by atoms with Gasteiger partial charge in [-0.2, -0.15) is 0 Å². The number of aryl methyl sites for hydroxylation is 1. The summed E-state index contributed by atoms with van der Waals surface area (Å²) in [5.74, 6) is 1.37. The maximum absolute atomic E-state index is 12.7. The Morgan fingerprint density at radius 3 is 2.44 bits per heavy atom. The molecule has 4 aromatic rings. The number of fused-ring (bicyclic) bond motifs is 3. The molecule has 2 aromatic heterocycles. The molecular formula is C25H20IN5O4S. The Balaban J connectivity index is 1.21. The summed E-state index contributed by atoms with van der Waals surface area (Å²) in [5.41, 5.74) is 8.62. The number of unbranched alkanes of at least 4 members (excludes halogenated alkanes) is 1. The molecule has 0 radical (unpaired) electrons. The van der Waals surface area contributed by atoms with Crippen molar-refractivity contribution in [2.45, 2.75) is 29.4 Å². The molecule has 0 fully saturated rings. The molecule has 9 nitrogen and oxygen atoms in total. The summed E-state index contributed by atoms with van der Waals surface area (Å²) < 4.78 is 14.2. The SMILES string of the molecule is Nc1nccc2c1nc(Sc1cc3c(cc1I)OCO3)n2CCCCN1C(=O)c2ccccc2C1=O. The monoisotopic (exact) mass is 613 g/mol. The second-order valence-electron chi connectivity index (χ2n) is 8.36. The predicted molar refractivity (Wildman–Crippen MR) is 142 cm³/mol. The van der Waals surface area contributed by atoms with Crippen LogP contribution in [0, 0.1) is 3.57 Å². The van der Waals surface area contributed by atoms with Gasteiger partial charge in [-0.1, -0.05) is 23.9 Å². The average molecular weight is 613 g/mol. The Labute approximate surface area is 224 Å². The Morgan fingerprint density at radius 2 is 1.69 bits per heavy atom. The van der Waals surface area contributed by atoms with E-state index in [1.54, 1.807) is 30.5 Å². The van der Waals surface area contributed by atoms with Crippen molar-refractivity contribution in [3.8, 4) is 11.5 Å². The third kappa shape index (κ3) is 3.95.